The number of anilines is 1. The van der Waals surface area contributed by atoms with Crippen LogP contribution in [0.15, 0.2) is 35.7 Å². The number of methoxy groups -OCH3 is 1. The standard InChI is InChI=1S/C24H31N5O2S/c1-4-17(2)25-21(30)14-28-10-12-29(13-11-28)23-22-19(18-8-6-5-7-9-18)16-32-24(22)27-20(26-23)15-31-3/h5-9,16-17H,4,10-15H2,1-3H3,(H,25,30). The Morgan fingerprint density at radius 1 is 1.19 bits per heavy atom. The van der Waals surface area contributed by atoms with Gasteiger partial charge in [0.2, 0.25) is 5.91 Å². The van der Waals surface area contributed by atoms with Crippen LogP contribution in [-0.2, 0) is 16.1 Å². The van der Waals surface area contributed by atoms with E-state index >= 15 is 0 Å². The summed E-state index contributed by atoms with van der Waals surface area (Å²) in [6.07, 6.45) is 0.942. The molecule has 3 aromatic rings. The lowest BCUT2D eigenvalue weighted by Crippen LogP contribution is -2.50. The third kappa shape index (κ3) is 5.09. The number of hydrogen-bond acceptors (Lipinski definition) is 7. The molecule has 1 amide bonds. The Morgan fingerprint density at radius 2 is 1.94 bits per heavy atom. The van der Waals surface area contributed by atoms with Gasteiger partial charge in [0.1, 0.15) is 17.3 Å². The fourth-order valence-corrected chi connectivity index (χ4v) is 4.92. The zero-order valence-corrected chi connectivity index (χ0v) is 19.8. The van der Waals surface area contributed by atoms with E-state index in [1.807, 2.05) is 13.0 Å². The number of benzene rings is 1. The van der Waals surface area contributed by atoms with Crippen LogP contribution in [0, 0.1) is 0 Å². The van der Waals surface area contributed by atoms with Crippen LogP contribution in [0.3, 0.4) is 0 Å². The molecule has 32 heavy (non-hydrogen) atoms. The molecule has 1 aliphatic heterocycles. The predicted octanol–water partition coefficient (Wildman–Crippen LogP) is 3.54. The Kier molecular flexibility index (Phi) is 7.34. The Hall–Kier alpha value is -2.55. The Bertz CT molecular complexity index is 1050. The van der Waals surface area contributed by atoms with Crippen molar-refractivity contribution < 1.29 is 9.53 Å². The number of rotatable bonds is 8. The first-order valence-corrected chi connectivity index (χ1v) is 12.1. The third-order valence-corrected chi connectivity index (χ3v) is 6.75. The largest absolute Gasteiger partial charge is 0.377 e. The van der Waals surface area contributed by atoms with E-state index in [1.54, 1.807) is 18.4 Å². The van der Waals surface area contributed by atoms with Gasteiger partial charge in [0.25, 0.3) is 0 Å². The minimum absolute atomic E-state index is 0.101. The summed E-state index contributed by atoms with van der Waals surface area (Å²) >= 11 is 1.65. The average molecular weight is 454 g/mol. The molecule has 1 aliphatic rings. The number of piperazine rings is 1. The van der Waals surface area contributed by atoms with Gasteiger partial charge in [0.15, 0.2) is 5.82 Å². The Labute approximate surface area is 193 Å². The van der Waals surface area contributed by atoms with E-state index in [1.165, 1.54) is 11.1 Å². The second-order valence-electron chi connectivity index (χ2n) is 8.23. The van der Waals surface area contributed by atoms with Gasteiger partial charge in [-0.3, -0.25) is 9.69 Å². The molecule has 0 aliphatic carbocycles. The summed E-state index contributed by atoms with van der Waals surface area (Å²) in [7, 11) is 1.67. The number of nitrogens with zero attached hydrogens (tertiary/aromatic N) is 4. The van der Waals surface area contributed by atoms with Crippen LogP contribution in [0.2, 0.25) is 0 Å². The van der Waals surface area contributed by atoms with E-state index < -0.39 is 0 Å². The van der Waals surface area contributed by atoms with Crippen molar-refractivity contribution in [1.82, 2.24) is 20.2 Å². The van der Waals surface area contributed by atoms with Gasteiger partial charge in [0, 0.05) is 50.3 Å². The summed E-state index contributed by atoms with van der Waals surface area (Å²) in [5.74, 6) is 1.77. The first-order chi connectivity index (χ1) is 15.6. The second-order valence-corrected chi connectivity index (χ2v) is 9.09. The summed E-state index contributed by atoms with van der Waals surface area (Å²) in [4.78, 5) is 27.5. The second kappa shape index (κ2) is 10.4. The number of amides is 1. The molecule has 4 rings (SSSR count). The minimum Gasteiger partial charge on any atom is -0.377 e. The highest BCUT2D eigenvalue weighted by molar-refractivity contribution is 7.17. The van der Waals surface area contributed by atoms with Crippen LogP contribution in [0.5, 0.6) is 0 Å². The molecule has 1 atom stereocenters. The number of ether oxygens (including phenoxy) is 1. The summed E-state index contributed by atoms with van der Waals surface area (Å²) in [6.45, 7) is 8.24. The fourth-order valence-electron chi connectivity index (χ4n) is 3.96. The van der Waals surface area contributed by atoms with E-state index in [0.717, 1.165) is 48.6 Å². The van der Waals surface area contributed by atoms with Crippen LogP contribution in [0.25, 0.3) is 21.3 Å². The quantitative estimate of drug-likeness (QED) is 0.563. The van der Waals surface area contributed by atoms with Crippen molar-refractivity contribution in [3.63, 3.8) is 0 Å². The molecule has 0 spiro atoms. The molecule has 0 bridgehead atoms. The molecule has 0 radical (unpaired) electrons. The maximum atomic E-state index is 12.3. The molecule has 7 nitrogen and oxygen atoms in total. The van der Waals surface area contributed by atoms with Crippen molar-refractivity contribution in [2.75, 3.05) is 44.7 Å². The number of fused-ring (bicyclic) bond motifs is 1. The molecule has 8 heteroatoms. The van der Waals surface area contributed by atoms with Crippen LogP contribution in [0.1, 0.15) is 26.1 Å². The van der Waals surface area contributed by atoms with E-state index in [0.29, 0.717) is 19.0 Å². The number of hydrogen-bond donors (Lipinski definition) is 1. The van der Waals surface area contributed by atoms with E-state index in [-0.39, 0.29) is 11.9 Å². The zero-order valence-electron chi connectivity index (χ0n) is 19.0. The number of thiophene rings is 1. The van der Waals surface area contributed by atoms with Crippen LogP contribution in [0.4, 0.5) is 5.82 Å². The molecule has 1 saturated heterocycles. The molecule has 1 N–H and O–H groups in total. The molecular formula is C24H31N5O2S. The van der Waals surface area contributed by atoms with Crippen molar-refractivity contribution in [3.05, 3.63) is 41.5 Å². The van der Waals surface area contributed by atoms with Crippen molar-refractivity contribution >= 4 is 33.3 Å². The van der Waals surface area contributed by atoms with Crippen molar-refractivity contribution in [2.45, 2.75) is 32.9 Å². The smallest absolute Gasteiger partial charge is 0.234 e. The highest BCUT2D eigenvalue weighted by Crippen LogP contribution is 2.38. The predicted molar refractivity (Wildman–Crippen MR) is 130 cm³/mol. The molecule has 1 unspecified atom stereocenters. The van der Waals surface area contributed by atoms with Crippen LogP contribution in [-0.4, -0.2) is 66.7 Å². The molecular weight excluding hydrogens is 422 g/mol. The number of carbonyl (C=O) groups excluding carboxylic acids is 1. The Balaban J connectivity index is 1.57. The van der Waals surface area contributed by atoms with E-state index in [2.05, 4.69) is 51.7 Å². The van der Waals surface area contributed by atoms with Crippen molar-refractivity contribution in [3.8, 4) is 11.1 Å². The van der Waals surface area contributed by atoms with Gasteiger partial charge in [-0.2, -0.15) is 0 Å². The van der Waals surface area contributed by atoms with Crippen molar-refractivity contribution in [2.24, 2.45) is 0 Å². The zero-order chi connectivity index (χ0) is 22.5. The lowest BCUT2D eigenvalue weighted by molar-refractivity contribution is -0.122. The SMILES string of the molecule is CCC(C)NC(=O)CN1CCN(c2nc(COC)nc3scc(-c4ccccc4)c23)CC1. The van der Waals surface area contributed by atoms with Gasteiger partial charge >= 0.3 is 0 Å². The summed E-state index contributed by atoms with van der Waals surface area (Å²) in [5, 5.41) is 6.33. The molecule has 170 valence electrons. The van der Waals surface area contributed by atoms with Crippen LogP contribution >= 0.6 is 11.3 Å². The summed E-state index contributed by atoms with van der Waals surface area (Å²) in [5.41, 5.74) is 2.34. The summed E-state index contributed by atoms with van der Waals surface area (Å²) < 4.78 is 5.32. The fraction of sp³-hybridized carbons (Fsp3) is 0.458. The lowest BCUT2D eigenvalue weighted by atomic mass is 10.1. The van der Waals surface area contributed by atoms with Gasteiger partial charge in [-0.05, 0) is 18.9 Å². The average Bonchev–Trinajstić information content (AvgIpc) is 3.24. The number of aromatic nitrogens is 2. The number of carbonyl (C=O) groups is 1. The van der Waals surface area contributed by atoms with Crippen LogP contribution < -0.4 is 10.2 Å². The van der Waals surface area contributed by atoms with Gasteiger partial charge in [-0.15, -0.1) is 11.3 Å². The topological polar surface area (TPSA) is 70.6 Å². The van der Waals surface area contributed by atoms with Gasteiger partial charge in [0.05, 0.1) is 11.9 Å². The van der Waals surface area contributed by atoms with E-state index in [9.17, 15) is 4.79 Å². The molecule has 1 fully saturated rings. The summed E-state index contributed by atoms with van der Waals surface area (Å²) in [6, 6.07) is 10.6. The maximum absolute atomic E-state index is 12.3. The normalized spacial score (nSPS) is 15.8. The van der Waals surface area contributed by atoms with Crippen molar-refractivity contribution in [1.29, 1.82) is 0 Å². The molecule has 3 heterocycles. The first-order valence-electron chi connectivity index (χ1n) is 11.2. The van der Waals surface area contributed by atoms with Gasteiger partial charge in [-0.25, -0.2) is 9.97 Å². The maximum Gasteiger partial charge on any atom is 0.234 e. The lowest BCUT2D eigenvalue weighted by Gasteiger charge is -2.35. The monoisotopic (exact) mass is 453 g/mol. The van der Waals surface area contributed by atoms with Gasteiger partial charge < -0.3 is 15.0 Å². The Morgan fingerprint density at radius 3 is 2.62 bits per heavy atom. The minimum atomic E-state index is 0.101. The number of nitrogens with one attached hydrogen (secondary N) is 1. The molecule has 1 aromatic carbocycles. The highest BCUT2D eigenvalue weighted by atomic mass is 32.1. The molecule has 2 aromatic heterocycles. The van der Waals surface area contributed by atoms with E-state index in [4.69, 9.17) is 14.7 Å². The third-order valence-electron chi connectivity index (χ3n) is 5.88. The van der Waals surface area contributed by atoms with Gasteiger partial charge in [-0.1, -0.05) is 37.3 Å². The highest BCUT2D eigenvalue weighted by Gasteiger charge is 2.24. The first kappa shape index (κ1) is 22.6. The molecule has 0 saturated carbocycles.